The zero-order valence-corrected chi connectivity index (χ0v) is 13.0. The van der Waals surface area contributed by atoms with Crippen molar-refractivity contribution < 1.29 is 4.74 Å². The lowest BCUT2D eigenvalue weighted by atomic mass is 10.0. The van der Waals surface area contributed by atoms with Gasteiger partial charge in [0.1, 0.15) is 5.75 Å². The number of nitrogens with zero attached hydrogens (tertiary/aromatic N) is 1. The molecular formula is C16H22N2OS. The molecule has 0 aliphatic heterocycles. The number of hydrogen-bond donors (Lipinski definition) is 1. The van der Waals surface area contributed by atoms with Crippen LogP contribution in [0.3, 0.4) is 0 Å². The van der Waals surface area contributed by atoms with Crippen molar-refractivity contribution in [3.05, 3.63) is 46.4 Å². The summed E-state index contributed by atoms with van der Waals surface area (Å²) in [6.45, 7) is 3.20. The van der Waals surface area contributed by atoms with E-state index >= 15 is 0 Å². The van der Waals surface area contributed by atoms with E-state index in [0.717, 1.165) is 31.6 Å². The van der Waals surface area contributed by atoms with E-state index in [2.05, 4.69) is 40.8 Å². The third kappa shape index (κ3) is 4.05. The normalized spacial score (nSPS) is 12.3. The number of ether oxygens (including phenoxy) is 1. The molecule has 0 spiro atoms. The number of hydrogen-bond acceptors (Lipinski definition) is 4. The standard InChI is InChI=1S/C16H22N2OS/c1-3-9-18-15(7-6-13-5-4-11-20-13)14-8-10-17-12-16(14)19-2/h4-5,8,10-12,15,18H,3,6-7,9H2,1-2H3. The van der Waals surface area contributed by atoms with Gasteiger partial charge in [0, 0.05) is 22.7 Å². The maximum atomic E-state index is 5.44. The summed E-state index contributed by atoms with van der Waals surface area (Å²) in [7, 11) is 1.71. The Labute approximate surface area is 125 Å². The van der Waals surface area contributed by atoms with Gasteiger partial charge in [-0.05, 0) is 43.3 Å². The topological polar surface area (TPSA) is 34.2 Å². The number of aryl methyl sites for hydroxylation is 1. The molecular weight excluding hydrogens is 268 g/mol. The van der Waals surface area contributed by atoms with Crippen LogP contribution in [0, 0.1) is 0 Å². The number of thiophene rings is 1. The summed E-state index contributed by atoms with van der Waals surface area (Å²) >= 11 is 1.82. The maximum Gasteiger partial charge on any atom is 0.141 e. The lowest BCUT2D eigenvalue weighted by molar-refractivity contribution is 0.393. The summed E-state index contributed by atoms with van der Waals surface area (Å²) in [5.41, 5.74) is 1.20. The summed E-state index contributed by atoms with van der Waals surface area (Å²) in [5, 5.41) is 5.76. The quantitative estimate of drug-likeness (QED) is 0.802. The fourth-order valence-electron chi connectivity index (χ4n) is 2.28. The highest BCUT2D eigenvalue weighted by atomic mass is 32.1. The first-order chi connectivity index (χ1) is 9.85. The molecule has 0 amide bonds. The number of methoxy groups -OCH3 is 1. The molecule has 0 fully saturated rings. The lowest BCUT2D eigenvalue weighted by Crippen LogP contribution is -2.23. The van der Waals surface area contributed by atoms with Crippen LogP contribution in [0.1, 0.15) is 36.2 Å². The van der Waals surface area contributed by atoms with Crippen molar-refractivity contribution in [2.75, 3.05) is 13.7 Å². The molecule has 0 aliphatic carbocycles. The fourth-order valence-corrected chi connectivity index (χ4v) is 3.00. The van der Waals surface area contributed by atoms with Gasteiger partial charge < -0.3 is 10.1 Å². The fraction of sp³-hybridized carbons (Fsp3) is 0.438. The zero-order valence-electron chi connectivity index (χ0n) is 12.1. The van der Waals surface area contributed by atoms with Gasteiger partial charge in [-0.2, -0.15) is 0 Å². The molecule has 0 aromatic carbocycles. The summed E-state index contributed by atoms with van der Waals surface area (Å²) in [6, 6.07) is 6.68. The van der Waals surface area contributed by atoms with Gasteiger partial charge in [0.05, 0.1) is 13.3 Å². The van der Waals surface area contributed by atoms with Crippen molar-refractivity contribution in [1.82, 2.24) is 10.3 Å². The zero-order chi connectivity index (χ0) is 14.2. The van der Waals surface area contributed by atoms with Crippen molar-refractivity contribution in [3.63, 3.8) is 0 Å². The van der Waals surface area contributed by atoms with E-state index in [1.165, 1.54) is 10.4 Å². The molecule has 1 unspecified atom stereocenters. The Morgan fingerprint density at radius 2 is 2.30 bits per heavy atom. The van der Waals surface area contributed by atoms with E-state index < -0.39 is 0 Å². The maximum absolute atomic E-state index is 5.44. The number of rotatable bonds is 8. The predicted molar refractivity (Wildman–Crippen MR) is 84.5 cm³/mol. The van der Waals surface area contributed by atoms with Crippen LogP contribution < -0.4 is 10.1 Å². The van der Waals surface area contributed by atoms with Gasteiger partial charge >= 0.3 is 0 Å². The Balaban J connectivity index is 2.09. The van der Waals surface area contributed by atoms with E-state index in [1.807, 2.05) is 17.5 Å². The first-order valence-corrected chi connectivity index (χ1v) is 7.96. The first-order valence-electron chi connectivity index (χ1n) is 7.08. The second-order valence-corrected chi connectivity index (χ2v) is 5.77. The number of aromatic nitrogens is 1. The van der Waals surface area contributed by atoms with Gasteiger partial charge in [-0.25, -0.2) is 0 Å². The molecule has 0 saturated carbocycles. The summed E-state index contributed by atoms with van der Waals surface area (Å²) < 4.78 is 5.44. The average molecular weight is 290 g/mol. The highest BCUT2D eigenvalue weighted by Crippen LogP contribution is 2.28. The van der Waals surface area contributed by atoms with Gasteiger partial charge in [0.25, 0.3) is 0 Å². The van der Waals surface area contributed by atoms with E-state index in [4.69, 9.17) is 4.74 Å². The molecule has 0 aliphatic rings. The second kappa shape index (κ2) is 8.02. The highest BCUT2D eigenvalue weighted by molar-refractivity contribution is 7.09. The minimum Gasteiger partial charge on any atom is -0.495 e. The Bertz CT molecular complexity index is 499. The highest BCUT2D eigenvalue weighted by Gasteiger charge is 2.15. The smallest absolute Gasteiger partial charge is 0.141 e. The van der Waals surface area contributed by atoms with Gasteiger partial charge in [-0.15, -0.1) is 11.3 Å². The molecule has 2 aromatic heterocycles. The average Bonchev–Trinajstić information content (AvgIpc) is 3.01. The van der Waals surface area contributed by atoms with Crippen LogP contribution in [-0.4, -0.2) is 18.6 Å². The van der Waals surface area contributed by atoms with E-state index in [9.17, 15) is 0 Å². The second-order valence-electron chi connectivity index (χ2n) is 4.74. The van der Waals surface area contributed by atoms with Gasteiger partial charge in [-0.1, -0.05) is 13.0 Å². The van der Waals surface area contributed by atoms with E-state index in [0.29, 0.717) is 6.04 Å². The number of nitrogens with one attached hydrogen (secondary N) is 1. The molecule has 0 saturated heterocycles. The minimum absolute atomic E-state index is 0.315. The summed E-state index contributed by atoms with van der Waals surface area (Å²) in [4.78, 5) is 5.57. The Morgan fingerprint density at radius 3 is 3.00 bits per heavy atom. The lowest BCUT2D eigenvalue weighted by Gasteiger charge is -2.20. The number of pyridine rings is 1. The molecule has 2 rings (SSSR count). The van der Waals surface area contributed by atoms with Crippen molar-refractivity contribution in [3.8, 4) is 5.75 Å². The monoisotopic (exact) mass is 290 g/mol. The van der Waals surface area contributed by atoms with Crippen LogP contribution in [0.4, 0.5) is 0 Å². The molecule has 1 atom stereocenters. The van der Waals surface area contributed by atoms with Crippen LogP contribution in [-0.2, 0) is 6.42 Å². The third-order valence-electron chi connectivity index (χ3n) is 3.31. The van der Waals surface area contributed by atoms with Gasteiger partial charge in [0.15, 0.2) is 0 Å². The molecule has 2 aromatic rings. The van der Waals surface area contributed by atoms with Crippen LogP contribution in [0.15, 0.2) is 36.0 Å². The van der Waals surface area contributed by atoms with E-state index in [-0.39, 0.29) is 0 Å². The van der Waals surface area contributed by atoms with Crippen molar-refractivity contribution in [2.24, 2.45) is 0 Å². The molecule has 2 heterocycles. The van der Waals surface area contributed by atoms with E-state index in [1.54, 1.807) is 13.3 Å². The first kappa shape index (κ1) is 15.0. The predicted octanol–water partition coefficient (Wildman–Crippen LogP) is 3.83. The Hall–Kier alpha value is -1.39. The third-order valence-corrected chi connectivity index (χ3v) is 4.25. The molecule has 108 valence electrons. The SMILES string of the molecule is CCCNC(CCc1cccs1)c1ccncc1OC. The van der Waals surface area contributed by atoms with Crippen molar-refractivity contribution >= 4 is 11.3 Å². The van der Waals surface area contributed by atoms with Gasteiger partial charge in [-0.3, -0.25) is 4.98 Å². The minimum atomic E-state index is 0.315. The Morgan fingerprint density at radius 1 is 1.40 bits per heavy atom. The molecule has 4 heteroatoms. The van der Waals surface area contributed by atoms with Crippen LogP contribution >= 0.6 is 11.3 Å². The van der Waals surface area contributed by atoms with Gasteiger partial charge in [0.2, 0.25) is 0 Å². The van der Waals surface area contributed by atoms with Crippen LogP contribution in [0.25, 0.3) is 0 Å². The largest absolute Gasteiger partial charge is 0.495 e. The van der Waals surface area contributed by atoms with Crippen molar-refractivity contribution in [2.45, 2.75) is 32.2 Å². The summed E-state index contributed by atoms with van der Waals surface area (Å²) in [6.07, 6.45) is 6.92. The summed E-state index contributed by atoms with van der Waals surface area (Å²) in [5.74, 6) is 0.868. The molecule has 3 nitrogen and oxygen atoms in total. The molecule has 20 heavy (non-hydrogen) atoms. The van der Waals surface area contributed by atoms with Crippen LogP contribution in [0.5, 0.6) is 5.75 Å². The van der Waals surface area contributed by atoms with Crippen molar-refractivity contribution in [1.29, 1.82) is 0 Å². The molecule has 1 N–H and O–H groups in total. The Kier molecular flexibility index (Phi) is 6.02. The van der Waals surface area contributed by atoms with Crippen LogP contribution in [0.2, 0.25) is 0 Å². The molecule has 0 bridgehead atoms. The molecule has 0 radical (unpaired) electrons.